The molecular weight excluding hydrogens is 382 g/mol. The fourth-order valence-corrected chi connectivity index (χ4v) is 3.02. The molecule has 0 heterocycles. The molecule has 0 aromatic heterocycles. The lowest BCUT2D eigenvalue weighted by Gasteiger charge is -2.05. The Bertz CT molecular complexity index is 739. The molecule has 0 saturated heterocycles. The number of benzene rings is 2. The molecule has 0 amide bonds. The van der Waals surface area contributed by atoms with Crippen molar-refractivity contribution in [3.8, 4) is 0 Å². The molecule has 0 atom stereocenters. The van der Waals surface area contributed by atoms with Crippen LogP contribution in [0.5, 0.6) is 0 Å². The highest BCUT2D eigenvalue weighted by Crippen LogP contribution is 2.38. The second-order valence-corrected chi connectivity index (χ2v) is 6.74. The van der Waals surface area contributed by atoms with Gasteiger partial charge < -0.3 is 0 Å². The van der Waals surface area contributed by atoms with Gasteiger partial charge in [-0.05, 0) is 54.3 Å². The summed E-state index contributed by atoms with van der Waals surface area (Å²) in [5.41, 5.74) is 1.13. The first-order valence-corrected chi connectivity index (χ1v) is 8.87. The molecule has 0 aliphatic carbocycles. The Morgan fingerprint density at radius 3 is 2.23 bits per heavy atom. The highest BCUT2D eigenvalue weighted by molar-refractivity contribution is 7.98. The van der Waals surface area contributed by atoms with Crippen molar-refractivity contribution < 1.29 is 4.79 Å². The van der Waals surface area contributed by atoms with Crippen molar-refractivity contribution in [3.63, 3.8) is 0 Å². The van der Waals surface area contributed by atoms with E-state index in [9.17, 15) is 4.79 Å². The molecule has 2 aromatic rings. The fraction of sp³-hybridized carbons (Fsp3) is 0.0625. The molecule has 0 aliphatic rings. The Morgan fingerprint density at radius 1 is 1.00 bits per heavy atom. The van der Waals surface area contributed by atoms with Crippen LogP contribution in [0.2, 0.25) is 20.1 Å². The average molecular weight is 392 g/mol. The van der Waals surface area contributed by atoms with Crippen molar-refractivity contribution in [1.29, 1.82) is 0 Å². The van der Waals surface area contributed by atoms with Crippen LogP contribution < -0.4 is 0 Å². The van der Waals surface area contributed by atoms with Gasteiger partial charge in [-0.25, -0.2) is 0 Å². The number of thioether (sulfide) groups is 1. The molecule has 1 nitrogen and oxygen atoms in total. The van der Waals surface area contributed by atoms with E-state index in [4.69, 9.17) is 46.4 Å². The van der Waals surface area contributed by atoms with Gasteiger partial charge in [0.05, 0.1) is 20.1 Å². The van der Waals surface area contributed by atoms with Crippen molar-refractivity contribution in [3.05, 3.63) is 67.6 Å². The van der Waals surface area contributed by atoms with Crippen LogP contribution in [0.25, 0.3) is 6.08 Å². The topological polar surface area (TPSA) is 17.1 Å². The Labute approximate surface area is 153 Å². The van der Waals surface area contributed by atoms with Gasteiger partial charge in [0.1, 0.15) is 0 Å². The minimum Gasteiger partial charge on any atom is -0.289 e. The van der Waals surface area contributed by atoms with Crippen molar-refractivity contribution >= 4 is 70.0 Å². The van der Waals surface area contributed by atoms with Crippen LogP contribution in [-0.4, -0.2) is 12.0 Å². The number of hydrogen-bond acceptors (Lipinski definition) is 2. The molecule has 0 spiro atoms. The van der Waals surface area contributed by atoms with E-state index < -0.39 is 0 Å². The normalized spacial score (nSPS) is 11.1. The Hall–Kier alpha value is -0.640. The van der Waals surface area contributed by atoms with Crippen LogP contribution in [0.4, 0.5) is 0 Å². The average Bonchev–Trinajstić information content (AvgIpc) is 2.54. The van der Waals surface area contributed by atoms with Crippen LogP contribution >= 0.6 is 58.2 Å². The number of ketones is 1. The van der Waals surface area contributed by atoms with Gasteiger partial charge in [-0.15, -0.1) is 11.8 Å². The second kappa shape index (κ2) is 7.76. The van der Waals surface area contributed by atoms with E-state index in [1.54, 1.807) is 36.0 Å². The van der Waals surface area contributed by atoms with Crippen molar-refractivity contribution in [2.24, 2.45) is 0 Å². The first-order chi connectivity index (χ1) is 10.4. The van der Waals surface area contributed by atoms with Crippen molar-refractivity contribution in [2.45, 2.75) is 4.90 Å². The van der Waals surface area contributed by atoms with E-state index in [0.717, 1.165) is 4.90 Å². The Morgan fingerprint density at radius 2 is 1.64 bits per heavy atom. The highest BCUT2D eigenvalue weighted by atomic mass is 35.5. The lowest BCUT2D eigenvalue weighted by Crippen LogP contribution is -1.93. The molecule has 6 heteroatoms. The zero-order valence-corrected chi connectivity index (χ0v) is 15.2. The van der Waals surface area contributed by atoms with Crippen LogP contribution in [0.3, 0.4) is 0 Å². The minimum atomic E-state index is -0.133. The standard InChI is InChI=1S/C16H10Cl4OS/c1-22-11-5-2-9(3-6-11)13(21)7-4-10-8-12(17)15(19)16(20)14(10)18/h2-8H,1H3. The summed E-state index contributed by atoms with van der Waals surface area (Å²) in [6, 6.07) is 8.92. The van der Waals surface area contributed by atoms with Crippen LogP contribution in [-0.2, 0) is 0 Å². The van der Waals surface area contributed by atoms with Gasteiger partial charge in [0, 0.05) is 10.5 Å². The van der Waals surface area contributed by atoms with Gasteiger partial charge in [0.25, 0.3) is 0 Å². The minimum absolute atomic E-state index is 0.133. The number of hydrogen-bond donors (Lipinski definition) is 0. The molecule has 2 aromatic carbocycles. The van der Waals surface area contributed by atoms with Crippen molar-refractivity contribution in [2.75, 3.05) is 6.26 Å². The molecular formula is C16H10Cl4OS. The monoisotopic (exact) mass is 390 g/mol. The molecule has 0 N–H and O–H groups in total. The maximum absolute atomic E-state index is 12.1. The highest BCUT2D eigenvalue weighted by Gasteiger charge is 2.12. The smallest absolute Gasteiger partial charge is 0.185 e. The number of halogens is 4. The molecule has 114 valence electrons. The lowest BCUT2D eigenvalue weighted by atomic mass is 10.1. The predicted molar refractivity (Wildman–Crippen MR) is 98.1 cm³/mol. The summed E-state index contributed by atoms with van der Waals surface area (Å²) in [7, 11) is 0. The second-order valence-electron chi connectivity index (χ2n) is 4.32. The predicted octanol–water partition coefficient (Wildman–Crippen LogP) is 6.92. The third kappa shape index (κ3) is 4.01. The molecule has 22 heavy (non-hydrogen) atoms. The number of allylic oxidation sites excluding steroid dienone is 1. The number of carbonyl (C=O) groups is 1. The van der Waals surface area contributed by atoms with Crippen molar-refractivity contribution in [1.82, 2.24) is 0 Å². The summed E-state index contributed by atoms with van der Waals surface area (Å²) in [6.45, 7) is 0. The van der Waals surface area contributed by atoms with E-state index in [-0.39, 0.29) is 25.9 Å². The van der Waals surface area contributed by atoms with Crippen LogP contribution in [0.1, 0.15) is 15.9 Å². The van der Waals surface area contributed by atoms with Gasteiger partial charge in [0.2, 0.25) is 0 Å². The first kappa shape index (κ1) is 17.7. The molecule has 0 radical (unpaired) electrons. The summed E-state index contributed by atoms with van der Waals surface area (Å²) < 4.78 is 0. The maximum atomic E-state index is 12.1. The summed E-state index contributed by atoms with van der Waals surface area (Å²) in [5, 5.41) is 0.919. The van der Waals surface area contributed by atoms with Crippen LogP contribution in [0, 0.1) is 0 Å². The molecule has 0 saturated carbocycles. The molecule has 0 unspecified atom stereocenters. The summed E-state index contributed by atoms with van der Waals surface area (Å²) in [4.78, 5) is 13.2. The van der Waals surface area contributed by atoms with Gasteiger partial charge >= 0.3 is 0 Å². The maximum Gasteiger partial charge on any atom is 0.185 e. The van der Waals surface area contributed by atoms with E-state index in [1.165, 1.54) is 6.08 Å². The first-order valence-electron chi connectivity index (χ1n) is 6.13. The zero-order valence-electron chi connectivity index (χ0n) is 11.4. The van der Waals surface area contributed by atoms with Crippen LogP contribution in [0.15, 0.2) is 41.3 Å². The SMILES string of the molecule is CSc1ccc(C(=O)C=Cc2cc(Cl)c(Cl)c(Cl)c2Cl)cc1. The summed E-state index contributed by atoms with van der Waals surface area (Å²) in [5.74, 6) is -0.133. The summed E-state index contributed by atoms with van der Waals surface area (Å²) in [6.07, 6.45) is 4.98. The van der Waals surface area contributed by atoms with E-state index in [2.05, 4.69) is 0 Å². The Balaban J connectivity index is 2.26. The third-order valence-electron chi connectivity index (χ3n) is 2.92. The fourth-order valence-electron chi connectivity index (χ4n) is 1.73. The van der Waals surface area contributed by atoms with Gasteiger partial charge in [-0.2, -0.15) is 0 Å². The van der Waals surface area contributed by atoms with E-state index in [1.807, 2.05) is 18.4 Å². The molecule has 0 bridgehead atoms. The third-order valence-corrected chi connectivity index (χ3v) is 5.43. The largest absolute Gasteiger partial charge is 0.289 e. The van der Waals surface area contributed by atoms with Gasteiger partial charge in [0.15, 0.2) is 5.78 Å². The van der Waals surface area contributed by atoms with Gasteiger partial charge in [-0.1, -0.05) is 46.4 Å². The van der Waals surface area contributed by atoms with Gasteiger partial charge in [-0.3, -0.25) is 4.79 Å². The molecule has 0 fully saturated rings. The summed E-state index contributed by atoms with van der Waals surface area (Å²) >= 11 is 25.6. The lowest BCUT2D eigenvalue weighted by molar-refractivity contribution is 0.104. The zero-order chi connectivity index (χ0) is 16.3. The quantitative estimate of drug-likeness (QED) is 0.185. The number of carbonyl (C=O) groups excluding carboxylic acids is 1. The van der Waals surface area contributed by atoms with E-state index >= 15 is 0 Å². The molecule has 2 rings (SSSR count). The number of rotatable bonds is 4. The Kier molecular flexibility index (Phi) is 6.25. The molecule has 0 aliphatic heterocycles. The van der Waals surface area contributed by atoms with E-state index in [0.29, 0.717) is 11.1 Å².